The van der Waals surface area contributed by atoms with Crippen LogP contribution in [0.25, 0.3) is 0 Å². The van der Waals surface area contributed by atoms with Gasteiger partial charge in [-0.1, -0.05) is 0 Å². The number of nitrogens with zero attached hydrogens (tertiary/aromatic N) is 4. The minimum absolute atomic E-state index is 0.114. The smallest absolute Gasteiger partial charge is 0.253 e. The number of carbonyl (C=O) groups is 6. The highest BCUT2D eigenvalue weighted by atomic mass is 32.2. The zero-order chi connectivity index (χ0) is 38.1. The van der Waals surface area contributed by atoms with Crippen molar-refractivity contribution in [1.29, 1.82) is 0 Å². The number of hydrogen-bond donors (Lipinski definition) is 9. The van der Waals surface area contributed by atoms with Crippen LogP contribution in [-0.2, 0) is 28.8 Å². The van der Waals surface area contributed by atoms with Gasteiger partial charge in [-0.2, -0.15) is 12.6 Å². The number of hydrogen-bond acceptors (Lipinski definition) is 12. The fourth-order valence-corrected chi connectivity index (χ4v) is 5.20. The van der Waals surface area contributed by atoms with Crippen molar-refractivity contribution in [2.24, 2.45) is 21.5 Å². The molecule has 20 heteroatoms. The number of carbonyl (C=O) groups excluding carboxylic acids is 6. The average Bonchev–Trinajstić information content (AvgIpc) is 3.54. The van der Waals surface area contributed by atoms with Crippen LogP contribution in [0.15, 0.2) is 22.1 Å². The van der Waals surface area contributed by atoms with Gasteiger partial charge in [0.25, 0.3) is 11.8 Å². The lowest BCUT2D eigenvalue weighted by Crippen LogP contribution is -2.42. The number of aliphatic imine (C=N–C) groups is 2. The number of imide groups is 2. The minimum Gasteiger partial charge on any atom is -0.359 e. The third-order valence-electron chi connectivity index (χ3n) is 7.06. The molecule has 3 unspecified atom stereocenters. The van der Waals surface area contributed by atoms with E-state index < -0.39 is 12.1 Å². The fraction of sp³-hybridized carbons (Fsp3) is 0.667. The maximum absolute atomic E-state index is 11.9. The molecule has 0 bridgehead atoms. The number of nitrogens with two attached hydrogens (primary N) is 2. The molecule has 0 aliphatic carbocycles. The van der Waals surface area contributed by atoms with Crippen molar-refractivity contribution >= 4 is 71.8 Å². The Morgan fingerprint density at radius 1 is 0.820 bits per heavy atom. The Morgan fingerprint density at radius 2 is 1.28 bits per heavy atom. The molecule has 0 aromatic carbocycles. The minimum atomic E-state index is -0.566. The molecule has 10 N–H and O–H groups in total. The molecule has 0 saturated carbocycles. The average molecular weight is 745 g/mol. The van der Waals surface area contributed by atoms with Crippen molar-refractivity contribution in [1.82, 2.24) is 41.7 Å². The first kappa shape index (κ1) is 46.1. The Labute approximate surface area is 304 Å². The highest BCUT2D eigenvalue weighted by Crippen LogP contribution is 2.23. The second-order valence-electron chi connectivity index (χ2n) is 10.7. The summed E-state index contributed by atoms with van der Waals surface area (Å²) in [6.07, 6.45) is 5.51. The van der Waals surface area contributed by atoms with Crippen molar-refractivity contribution in [2.45, 2.75) is 49.4 Å². The van der Waals surface area contributed by atoms with E-state index in [2.05, 4.69) is 54.5 Å². The number of rotatable bonds is 16. The van der Waals surface area contributed by atoms with Gasteiger partial charge < -0.3 is 43.4 Å². The number of amides is 6. The van der Waals surface area contributed by atoms with E-state index in [1.54, 1.807) is 28.2 Å². The molecule has 2 heterocycles. The van der Waals surface area contributed by atoms with E-state index in [1.165, 1.54) is 38.0 Å². The van der Waals surface area contributed by atoms with Gasteiger partial charge in [-0.25, -0.2) is 0 Å². The summed E-state index contributed by atoms with van der Waals surface area (Å²) < 4.78 is 0. The molecular formula is C30H56N12O6S2. The Balaban J connectivity index is 0.000000821. The number of thiol groups is 1. The second-order valence-corrected chi connectivity index (χ2v) is 12.5. The Hall–Kier alpha value is -3.88. The second kappa shape index (κ2) is 26.9. The van der Waals surface area contributed by atoms with Crippen molar-refractivity contribution in [3.05, 3.63) is 12.2 Å². The number of nitrogens with one attached hydrogen (secondary N) is 6. The summed E-state index contributed by atoms with van der Waals surface area (Å²) in [5.74, 6) is 1.50. The molecule has 6 amide bonds. The quantitative estimate of drug-likeness (QED) is 0.0251. The molecule has 1 saturated heterocycles. The molecule has 1 fully saturated rings. The van der Waals surface area contributed by atoms with E-state index in [4.69, 9.17) is 11.5 Å². The third kappa shape index (κ3) is 18.8. The monoisotopic (exact) mass is 744 g/mol. The molecule has 0 aromatic rings. The van der Waals surface area contributed by atoms with Crippen LogP contribution in [0, 0.1) is 0 Å². The van der Waals surface area contributed by atoms with Gasteiger partial charge >= 0.3 is 0 Å². The molecule has 3 atom stereocenters. The lowest BCUT2D eigenvalue weighted by molar-refractivity contribution is -0.137. The molecule has 0 aromatic heterocycles. The van der Waals surface area contributed by atoms with E-state index >= 15 is 0 Å². The standard InChI is InChI=1S/C15H28N6O3S.C10H23N5OS.C5H5NO2/c1-17-15(18-2)20-6-4-5-10(16)13(23)19-7-8-25-11-9-12(22)21(3)14(11)24;1-12-10(13-2)15-5-3-4-8(11)9(16)14-6-7-17;1-6-4(7)2-3-5(6)8/h10-11H,4-9,16H2,1-3H3,(H,19,23)(H2,17,18,20);8,17H,3-7,11H2,1-2H3,(H,14,16)(H2,12,13,15);2-3H,1H3. The van der Waals surface area contributed by atoms with Crippen LogP contribution in [0.1, 0.15) is 32.1 Å². The summed E-state index contributed by atoms with van der Waals surface area (Å²) >= 11 is 5.39. The van der Waals surface area contributed by atoms with Crippen LogP contribution in [0.2, 0.25) is 0 Å². The number of likely N-dealkylation sites (N-methyl/N-ethyl adjacent to an activating group) is 1. The summed E-state index contributed by atoms with van der Waals surface area (Å²) in [4.78, 5) is 77.5. The summed E-state index contributed by atoms with van der Waals surface area (Å²) in [6, 6.07) is -1.02. The van der Waals surface area contributed by atoms with Crippen LogP contribution >= 0.6 is 24.4 Å². The Bertz CT molecular complexity index is 1180. The third-order valence-corrected chi connectivity index (χ3v) is 8.50. The van der Waals surface area contributed by atoms with Gasteiger partial charge in [0.15, 0.2) is 11.9 Å². The molecule has 18 nitrogen and oxygen atoms in total. The van der Waals surface area contributed by atoms with E-state index in [0.717, 1.165) is 35.1 Å². The normalized spacial score (nSPS) is 16.9. The predicted molar refractivity (Wildman–Crippen MR) is 201 cm³/mol. The molecule has 2 rings (SSSR count). The van der Waals surface area contributed by atoms with Crippen LogP contribution < -0.4 is 43.4 Å². The Kier molecular flexibility index (Phi) is 24.8. The predicted octanol–water partition coefficient (Wildman–Crippen LogP) is -3.03. The zero-order valence-corrected chi connectivity index (χ0v) is 31.6. The zero-order valence-electron chi connectivity index (χ0n) is 29.9. The summed E-state index contributed by atoms with van der Waals surface area (Å²) in [7, 11) is 9.90. The lowest BCUT2D eigenvalue weighted by Gasteiger charge is -2.14. The van der Waals surface area contributed by atoms with Crippen LogP contribution in [0.4, 0.5) is 0 Å². The van der Waals surface area contributed by atoms with Crippen molar-refractivity contribution in [3.63, 3.8) is 0 Å². The van der Waals surface area contributed by atoms with Gasteiger partial charge in [-0.3, -0.25) is 48.6 Å². The van der Waals surface area contributed by atoms with Gasteiger partial charge in [0.05, 0.1) is 17.3 Å². The maximum Gasteiger partial charge on any atom is 0.253 e. The summed E-state index contributed by atoms with van der Waals surface area (Å²) in [5, 5.41) is 17.1. The lowest BCUT2D eigenvalue weighted by atomic mass is 10.1. The molecule has 2 aliphatic heterocycles. The topological polar surface area (TPSA) is 258 Å². The molecule has 50 heavy (non-hydrogen) atoms. The first-order valence-electron chi connectivity index (χ1n) is 16.1. The van der Waals surface area contributed by atoms with Crippen LogP contribution in [0.3, 0.4) is 0 Å². The van der Waals surface area contributed by atoms with Crippen molar-refractivity contribution < 1.29 is 28.8 Å². The van der Waals surface area contributed by atoms with Crippen LogP contribution in [0.5, 0.6) is 0 Å². The summed E-state index contributed by atoms with van der Waals surface area (Å²) in [6.45, 7) is 2.39. The maximum atomic E-state index is 11.9. The van der Waals surface area contributed by atoms with E-state index in [-0.39, 0.29) is 47.1 Å². The van der Waals surface area contributed by atoms with E-state index in [0.29, 0.717) is 49.9 Å². The highest BCUT2D eigenvalue weighted by molar-refractivity contribution is 8.00. The van der Waals surface area contributed by atoms with Crippen LogP contribution in [-0.4, -0.2) is 154 Å². The largest absolute Gasteiger partial charge is 0.359 e. The van der Waals surface area contributed by atoms with E-state index in [1.807, 2.05) is 0 Å². The Morgan fingerprint density at radius 3 is 1.62 bits per heavy atom. The first-order valence-corrected chi connectivity index (χ1v) is 17.8. The van der Waals surface area contributed by atoms with Crippen molar-refractivity contribution in [2.75, 3.05) is 80.0 Å². The first-order chi connectivity index (χ1) is 23.8. The van der Waals surface area contributed by atoms with Gasteiger partial charge in [0.2, 0.25) is 23.6 Å². The van der Waals surface area contributed by atoms with E-state index in [9.17, 15) is 28.8 Å². The molecule has 2 aliphatic rings. The highest BCUT2D eigenvalue weighted by Gasteiger charge is 2.36. The molecule has 0 spiro atoms. The van der Waals surface area contributed by atoms with Gasteiger partial charge in [-0.05, 0) is 25.7 Å². The number of thioether (sulfide) groups is 1. The number of guanidine groups is 2. The van der Waals surface area contributed by atoms with Gasteiger partial charge in [0, 0.05) is 98.5 Å². The molecule has 284 valence electrons. The summed E-state index contributed by atoms with van der Waals surface area (Å²) in [5.41, 5.74) is 11.6. The fourth-order valence-electron chi connectivity index (χ4n) is 4.02. The van der Waals surface area contributed by atoms with Gasteiger partial charge in [-0.15, -0.1) is 11.8 Å². The van der Waals surface area contributed by atoms with Crippen molar-refractivity contribution in [3.8, 4) is 0 Å². The molecular weight excluding hydrogens is 689 g/mol. The van der Waals surface area contributed by atoms with Gasteiger partial charge in [0.1, 0.15) is 0 Å². The molecule has 0 radical (unpaired) electrons. The SMILES string of the molecule is CN1C(=O)C=CC1=O.CN=C(NC)NCCCC(N)C(=O)NCCS.CN=C(NC)NCCCC(N)C(=O)NCCSC1CC(=O)N(C)C1=O. The number of likely N-dealkylation sites (tertiary alicyclic amines) is 1.